The van der Waals surface area contributed by atoms with Crippen molar-refractivity contribution < 1.29 is 19.8 Å². The van der Waals surface area contributed by atoms with E-state index < -0.39 is 17.9 Å². The molecule has 1 unspecified atom stereocenters. The van der Waals surface area contributed by atoms with Gasteiger partial charge in [0, 0.05) is 0 Å². The van der Waals surface area contributed by atoms with Gasteiger partial charge in [0.2, 0.25) is 0 Å². The molecule has 0 aromatic heterocycles. The summed E-state index contributed by atoms with van der Waals surface area (Å²) in [6.45, 7) is 2.13. The first kappa shape index (κ1) is 16.2. The Balaban J connectivity index is 2.76. The Morgan fingerprint density at radius 3 is 2.30 bits per heavy atom. The van der Waals surface area contributed by atoms with Crippen LogP contribution in [0, 0.1) is 0 Å². The van der Waals surface area contributed by atoms with Crippen molar-refractivity contribution in [3.8, 4) is 0 Å². The number of benzene rings is 1. The molecule has 1 atom stereocenters. The third-order valence-electron chi connectivity index (χ3n) is 3.46. The molecular weight excluding hydrogens is 256 g/mol. The third-order valence-corrected chi connectivity index (χ3v) is 3.46. The first-order chi connectivity index (χ1) is 9.57. The van der Waals surface area contributed by atoms with Crippen molar-refractivity contribution in [3.63, 3.8) is 0 Å². The van der Waals surface area contributed by atoms with Gasteiger partial charge >= 0.3 is 11.9 Å². The fourth-order valence-corrected chi connectivity index (χ4v) is 2.36. The Kier molecular flexibility index (Phi) is 6.77. The Morgan fingerprint density at radius 2 is 1.70 bits per heavy atom. The highest BCUT2D eigenvalue weighted by molar-refractivity contribution is 5.92. The summed E-state index contributed by atoms with van der Waals surface area (Å²) in [5.74, 6) is -2.75. The molecule has 0 heterocycles. The van der Waals surface area contributed by atoms with Crippen LogP contribution in [0.4, 0.5) is 0 Å². The van der Waals surface area contributed by atoms with E-state index in [9.17, 15) is 14.7 Å². The SMILES string of the molecule is CCCCCCCC(C(=O)O)c1ccccc1C(=O)O. The predicted molar refractivity (Wildman–Crippen MR) is 77.2 cm³/mol. The molecule has 0 fully saturated rings. The fraction of sp³-hybridized carbons (Fsp3) is 0.500. The van der Waals surface area contributed by atoms with Gasteiger partial charge in [-0.1, -0.05) is 57.2 Å². The maximum atomic E-state index is 11.4. The van der Waals surface area contributed by atoms with E-state index in [4.69, 9.17) is 5.11 Å². The number of hydrogen-bond acceptors (Lipinski definition) is 2. The molecule has 0 aliphatic carbocycles. The van der Waals surface area contributed by atoms with Crippen molar-refractivity contribution in [2.75, 3.05) is 0 Å². The standard InChI is InChI=1S/C16H22O4/c1-2-3-4-5-6-10-13(15(17)18)12-9-7-8-11-14(12)16(19)20/h7-9,11,13H,2-6,10H2,1H3,(H,17,18)(H,19,20). The monoisotopic (exact) mass is 278 g/mol. The van der Waals surface area contributed by atoms with Crippen LogP contribution in [0.1, 0.15) is 67.3 Å². The second kappa shape index (κ2) is 8.35. The normalized spacial score (nSPS) is 12.1. The molecule has 2 N–H and O–H groups in total. The van der Waals surface area contributed by atoms with Gasteiger partial charge in [-0.05, 0) is 18.1 Å². The van der Waals surface area contributed by atoms with Crippen LogP contribution < -0.4 is 0 Å². The van der Waals surface area contributed by atoms with Gasteiger partial charge in [0.05, 0.1) is 11.5 Å². The first-order valence-electron chi connectivity index (χ1n) is 7.13. The van der Waals surface area contributed by atoms with Gasteiger partial charge in [-0.3, -0.25) is 4.79 Å². The Hall–Kier alpha value is -1.84. The van der Waals surface area contributed by atoms with E-state index in [2.05, 4.69) is 6.92 Å². The van der Waals surface area contributed by atoms with Gasteiger partial charge < -0.3 is 10.2 Å². The molecule has 0 radical (unpaired) electrons. The number of carboxylic acid groups (broad SMARTS) is 2. The summed E-state index contributed by atoms with van der Waals surface area (Å²) in [7, 11) is 0. The number of aliphatic carboxylic acids is 1. The number of hydrogen-bond donors (Lipinski definition) is 2. The summed E-state index contributed by atoms with van der Waals surface area (Å²) in [5, 5.41) is 18.5. The quantitative estimate of drug-likeness (QED) is 0.671. The molecular formula is C16H22O4. The summed E-state index contributed by atoms with van der Waals surface area (Å²) in [6.07, 6.45) is 5.69. The van der Waals surface area contributed by atoms with E-state index in [0.717, 1.165) is 32.1 Å². The average molecular weight is 278 g/mol. The van der Waals surface area contributed by atoms with Crippen molar-refractivity contribution >= 4 is 11.9 Å². The molecule has 0 bridgehead atoms. The van der Waals surface area contributed by atoms with Gasteiger partial charge in [-0.2, -0.15) is 0 Å². The molecule has 4 heteroatoms. The lowest BCUT2D eigenvalue weighted by Crippen LogP contribution is -2.15. The minimum absolute atomic E-state index is 0.0912. The van der Waals surface area contributed by atoms with Crippen molar-refractivity contribution in [2.24, 2.45) is 0 Å². The van der Waals surface area contributed by atoms with E-state index in [1.54, 1.807) is 18.2 Å². The van der Waals surface area contributed by atoms with Crippen LogP contribution in [0.15, 0.2) is 24.3 Å². The van der Waals surface area contributed by atoms with E-state index >= 15 is 0 Å². The third kappa shape index (κ3) is 4.68. The van der Waals surface area contributed by atoms with Gasteiger partial charge in [-0.15, -0.1) is 0 Å². The lowest BCUT2D eigenvalue weighted by molar-refractivity contribution is -0.139. The average Bonchev–Trinajstić information content (AvgIpc) is 2.42. The molecule has 1 aromatic carbocycles. The van der Waals surface area contributed by atoms with Crippen LogP contribution in [0.25, 0.3) is 0 Å². The highest BCUT2D eigenvalue weighted by Crippen LogP contribution is 2.26. The Bertz CT molecular complexity index is 454. The number of aromatic carboxylic acids is 1. The van der Waals surface area contributed by atoms with E-state index in [1.165, 1.54) is 6.07 Å². The van der Waals surface area contributed by atoms with Crippen LogP contribution in [-0.2, 0) is 4.79 Å². The number of rotatable bonds is 9. The van der Waals surface area contributed by atoms with Crippen molar-refractivity contribution in [1.29, 1.82) is 0 Å². The molecule has 4 nitrogen and oxygen atoms in total. The fourth-order valence-electron chi connectivity index (χ4n) is 2.36. The zero-order valence-corrected chi connectivity index (χ0v) is 11.8. The summed E-state index contributed by atoms with van der Waals surface area (Å²) in [4.78, 5) is 22.6. The predicted octanol–water partition coefficient (Wildman–Crippen LogP) is 3.91. The second-order valence-corrected chi connectivity index (χ2v) is 4.99. The zero-order chi connectivity index (χ0) is 15.0. The molecule has 20 heavy (non-hydrogen) atoms. The lowest BCUT2D eigenvalue weighted by atomic mass is 9.89. The largest absolute Gasteiger partial charge is 0.481 e. The van der Waals surface area contributed by atoms with Crippen LogP contribution >= 0.6 is 0 Å². The Labute approximate surface area is 119 Å². The second-order valence-electron chi connectivity index (χ2n) is 4.99. The molecule has 0 spiro atoms. The van der Waals surface area contributed by atoms with Crippen LogP contribution in [0.5, 0.6) is 0 Å². The highest BCUT2D eigenvalue weighted by atomic mass is 16.4. The molecule has 110 valence electrons. The molecule has 1 rings (SSSR count). The molecule has 1 aromatic rings. The lowest BCUT2D eigenvalue weighted by Gasteiger charge is -2.15. The minimum Gasteiger partial charge on any atom is -0.481 e. The Morgan fingerprint density at radius 1 is 1.05 bits per heavy atom. The topological polar surface area (TPSA) is 74.6 Å². The van der Waals surface area contributed by atoms with Gasteiger partial charge in [0.25, 0.3) is 0 Å². The van der Waals surface area contributed by atoms with Crippen molar-refractivity contribution in [2.45, 2.75) is 51.4 Å². The van der Waals surface area contributed by atoms with E-state index in [0.29, 0.717) is 12.0 Å². The highest BCUT2D eigenvalue weighted by Gasteiger charge is 2.24. The maximum Gasteiger partial charge on any atom is 0.335 e. The number of unbranched alkanes of at least 4 members (excludes halogenated alkanes) is 4. The molecule has 0 saturated heterocycles. The summed E-state index contributed by atoms with van der Waals surface area (Å²) in [6, 6.07) is 6.38. The van der Waals surface area contributed by atoms with Crippen LogP contribution in [-0.4, -0.2) is 22.2 Å². The molecule has 0 amide bonds. The van der Waals surface area contributed by atoms with Gasteiger partial charge in [0.15, 0.2) is 0 Å². The van der Waals surface area contributed by atoms with E-state index in [1.807, 2.05) is 0 Å². The van der Waals surface area contributed by atoms with Crippen molar-refractivity contribution in [3.05, 3.63) is 35.4 Å². The number of carbonyl (C=O) groups is 2. The number of carboxylic acids is 2. The van der Waals surface area contributed by atoms with Crippen molar-refractivity contribution in [1.82, 2.24) is 0 Å². The van der Waals surface area contributed by atoms with Gasteiger partial charge in [-0.25, -0.2) is 4.79 Å². The zero-order valence-electron chi connectivity index (χ0n) is 11.8. The molecule has 0 aliphatic heterocycles. The summed E-state index contributed by atoms with van der Waals surface area (Å²) >= 11 is 0. The van der Waals surface area contributed by atoms with Crippen LogP contribution in [0.2, 0.25) is 0 Å². The molecule has 0 saturated carbocycles. The molecule has 0 aliphatic rings. The van der Waals surface area contributed by atoms with E-state index in [-0.39, 0.29) is 5.56 Å². The summed E-state index contributed by atoms with van der Waals surface area (Å²) < 4.78 is 0. The maximum absolute atomic E-state index is 11.4. The first-order valence-corrected chi connectivity index (χ1v) is 7.13. The van der Waals surface area contributed by atoms with Crippen LogP contribution in [0.3, 0.4) is 0 Å². The smallest absolute Gasteiger partial charge is 0.335 e. The minimum atomic E-state index is -1.07. The summed E-state index contributed by atoms with van der Waals surface area (Å²) in [5.41, 5.74) is 0.497. The van der Waals surface area contributed by atoms with Gasteiger partial charge in [0.1, 0.15) is 0 Å².